The van der Waals surface area contributed by atoms with Gasteiger partial charge in [0, 0.05) is 37.0 Å². The molecular weight excluding hydrogens is 300 g/mol. The van der Waals surface area contributed by atoms with Gasteiger partial charge in [0.05, 0.1) is 0 Å². The molecule has 4 heteroatoms. The molecule has 0 aromatic rings. The summed E-state index contributed by atoms with van der Waals surface area (Å²) in [6.07, 6.45) is 9.23. The molecule has 1 spiro atoms. The third-order valence-corrected chi connectivity index (χ3v) is 6.04. The Labute approximate surface area is 147 Å². The van der Waals surface area contributed by atoms with E-state index in [-0.39, 0.29) is 17.0 Å². The summed E-state index contributed by atoms with van der Waals surface area (Å²) >= 11 is 0. The van der Waals surface area contributed by atoms with Gasteiger partial charge >= 0.3 is 0 Å². The second kappa shape index (κ2) is 5.75. The summed E-state index contributed by atoms with van der Waals surface area (Å²) in [6, 6.07) is 0.501. The highest BCUT2D eigenvalue weighted by Gasteiger charge is 2.64. The van der Waals surface area contributed by atoms with Crippen LogP contribution in [-0.2, 0) is 9.53 Å². The maximum Gasteiger partial charge on any atom is 0.257 e. The zero-order valence-electron chi connectivity index (χ0n) is 16.7. The summed E-state index contributed by atoms with van der Waals surface area (Å²) in [5.41, 5.74) is -2.07. The first kappa shape index (κ1) is 19.3. The third kappa shape index (κ3) is 2.66. The van der Waals surface area contributed by atoms with Crippen molar-refractivity contribution in [2.45, 2.75) is 103 Å². The van der Waals surface area contributed by atoms with Crippen molar-refractivity contribution < 1.29 is 9.53 Å². The highest BCUT2D eigenvalue weighted by Crippen LogP contribution is 2.52. The molecular formula is C20H34N2O2. The maximum atomic E-state index is 13.1. The lowest BCUT2D eigenvalue weighted by Crippen LogP contribution is -2.69. The van der Waals surface area contributed by atoms with Crippen molar-refractivity contribution in [3.05, 3.63) is 0 Å². The van der Waals surface area contributed by atoms with Gasteiger partial charge in [-0.05, 0) is 53.4 Å². The van der Waals surface area contributed by atoms with Crippen molar-refractivity contribution in [3.63, 3.8) is 0 Å². The van der Waals surface area contributed by atoms with Crippen LogP contribution in [0.15, 0.2) is 0 Å². The quantitative estimate of drug-likeness (QED) is 0.742. The van der Waals surface area contributed by atoms with Gasteiger partial charge < -0.3 is 9.64 Å². The second-order valence-electron chi connectivity index (χ2n) is 8.91. The van der Waals surface area contributed by atoms with E-state index in [0.29, 0.717) is 18.9 Å². The first-order valence-corrected chi connectivity index (χ1v) is 9.15. The van der Waals surface area contributed by atoms with Gasteiger partial charge in [0.1, 0.15) is 0 Å². The molecule has 0 bridgehead atoms. The average Bonchev–Trinajstić information content (AvgIpc) is 2.63. The fourth-order valence-electron chi connectivity index (χ4n) is 5.43. The lowest BCUT2D eigenvalue weighted by Gasteiger charge is -2.60. The third-order valence-electron chi connectivity index (χ3n) is 6.04. The van der Waals surface area contributed by atoms with Crippen LogP contribution in [0.1, 0.15) is 74.1 Å². The summed E-state index contributed by atoms with van der Waals surface area (Å²) in [7, 11) is 1.75. The predicted octanol–water partition coefficient (Wildman–Crippen LogP) is 3.40. The van der Waals surface area contributed by atoms with E-state index in [0.717, 1.165) is 12.8 Å². The largest absolute Gasteiger partial charge is 0.328 e. The van der Waals surface area contributed by atoms with Crippen molar-refractivity contribution in [1.29, 1.82) is 0 Å². The zero-order chi connectivity index (χ0) is 18.6. The fourth-order valence-corrected chi connectivity index (χ4v) is 5.43. The first-order chi connectivity index (χ1) is 10.9. The molecule has 1 atom stereocenters. The number of hydrogen-bond acceptors (Lipinski definition) is 3. The highest BCUT2D eigenvalue weighted by molar-refractivity contribution is 5.88. The van der Waals surface area contributed by atoms with Crippen LogP contribution in [0.4, 0.5) is 0 Å². The molecule has 2 fully saturated rings. The SMILES string of the molecule is C#CC1(C)OC2(CC(C)(C)N(C(CC)CC)C(C)(C)C2)C(=O)N1C. The molecule has 0 aliphatic carbocycles. The summed E-state index contributed by atoms with van der Waals surface area (Å²) in [5, 5.41) is 0. The standard InChI is InChI=1S/C20H34N2O2/c1-10-15(11-2)22-17(4,5)13-20(14-18(22,6)7)16(23)21(9)19(8,12-3)24-20/h3,15H,10-11,13-14H2,1-2,4-9H3. The molecule has 0 aromatic carbocycles. The van der Waals surface area contributed by atoms with E-state index in [1.807, 2.05) is 6.92 Å². The molecule has 2 saturated heterocycles. The van der Waals surface area contributed by atoms with Crippen LogP contribution in [-0.4, -0.2) is 51.2 Å². The Bertz CT molecular complexity index is 538. The number of hydrogen-bond donors (Lipinski definition) is 0. The van der Waals surface area contributed by atoms with Crippen LogP contribution in [0.25, 0.3) is 0 Å². The van der Waals surface area contributed by atoms with Crippen LogP contribution in [0, 0.1) is 12.3 Å². The van der Waals surface area contributed by atoms with Gasteiger partial charge in [-0.15, -0.1) is 6.42 Å². The van der Waals surface area contributed by atoms with Gasteiger partial charge in [0.15, 0.2) is 5.60 Å². The summed E-state index contributed by atoms with van der Waals surface area (Å²) in [5.74, 6) is 2.69. The van der Waals surface area contributed by atoms with Crippen LogP contribution in [0.5, 0.6) is 0 Å². The molecule has 1 amide bonds. The van der Waals surface area contributed by atoms with Crippen molar-refractivity contribution in [1.82, 2.24) is 9.80 Å². The number of amides is 1. The van der Waals surface area contributed by atoms with E-state index in [2.05, 4.69) is 52.4 Å². The molecule has 24 heavy (non-hydrogen) atoms. The van der Waals surface area contributed by atoms with Crippen molar-refractivity contribution in [2.24, 2.45) is 0 Å². The van der Waals surface area contributed by atoms with E-state index < -0.39 is 11.3 Å². The Hall–Kier alpha value is -1.05. The normalized spacial score (nSPS) is 31.7. The number of terminal acetylenes is 1. The second-order valence-corrected chi connectivity index (χ2v) is 8.91. The molecule has 2 rings (SSSR count). The summed E-state index contributed by atoms with van der Waals surface area (Å²) < 4.78 is 6.33. The number of carbonyl (C=O) groups is 1. The number of likely N-dealkylation sites (N-methyl/N-ethyl adjacent to an activating group) is 1. The molecule has 0 N–H and O–H groups in total. The van der Waals surface area contributed by atoms with E-state index in [4.69, 9.17) is 11.2 Å². The topological polar surface area (TPSA) is 32.8 Å². The maximum absolute atomic E-state index is 13.1. The van der Waals surface area contributed by atoms with E-state index in [1.54, 1.807) is 11.9 Å². The predicted molar refractivity (Wildman–Crippen MR) is 97.4 cm³/mol. The van der Waals surface area contributed by atoms with Crippen molar-refractivity contribution in [3.8, 4) is 12.3 Å². The Morgan fingerprint density at radius 2 is 1.58 bits per heavy atom. The molecule has 0 aromatic heterocycles. The molecule has 2 aliphatic rings. The number of piperidine rings is 1. The molecule has 4 nitrogen and oxygen atoms in total. The fraction of sp³-hybridized carbons (Fsp3) is 0.850. The van der Waals surface area contributed by atoms with E-state index >= 15 is 0 Å². The van der Waals surface area contributed by atoms with E-state index in [9.17, 15) is 4.79 Å². The van der Waals surface area contributed by atoms with Gasteiger partial charge in [-0.25, -0.2) is 0 Å². The molecule has 0 saturated carbocycles. The molecule has 1 unspecified atom stereocenters. The molecule has 2 aliphatic heterocycles. The van der Waals surface area contributed by atoms with Crippen LogP contribution < -0.4 is 0 Å². The van der Waals surface area contributed by atoms with E-state index in [1.165, 1.54) is 0 Å². The Balaban J connectivity index is 2.48. The summed E-state index contributed by atoms with van der Waals surface area (Å²) in [6.45, 7) is 15.2. The van der Waals surface area contributed by atoms with Crippen molar-refractivity contribution in [2.75, 3.05) is 7.05 Å². The minimum Gasteiger partial charge on any atom is -0.328 e. The Kier molecular flexibility index (Phi) is 4.61. The minimum atomic E-state index is -0.958. The molecule has 2 heterocycles. The van der Waals surface area contributed by atoms with Crippen molar-refractivity contribution >= 4 is 5.91 Å². The number of carbonyl (C=O) groups excluding carboxylic acids is 1. The van der Waals surface area contributed by atoms with Gasteiger partial charge in [-0.2, -0.15) is 0 Å². The monoisotopic (exact) mass is 334 g/mol. The lowest BCUT2D eigenvalue weighted by molar-refractivity contribution is -0.185. The van der Waals surface area contributed by atoms with Gasteiger partial charge in [0.2, 0.25) is 5.72 Å². The Morgan fingerprint density at radius 1 is 1.12 bits per heavy atom. The minimum absolute atomic E-state index is 0.0216. The molecule has 136 valence electrons. The Morgan fingerprint density at radius 3 is 1.92 bits per heavy atom. The van der Waals surface area contributed by atoms with Gasteiger partial charge in [-0.1, -0.05) is 13.8 Å². The summed E-state index contributed by atoms with van der Waals surface area (Å²) in [4.78, 5) is 17.3. The number of nitrogens with zero attached hydrogens (tertiary/aromatic N) is 2. The van der Waals surface area contributed by atoms with Gasteiger partial charge in [-0.3, -0.25) is 9.69 Å². The van der Waals surface area contributed by atoms with Crippen LogP contribution in [0.3, 0.4) is 0 Å². The number of ether oxygens (including phenoxy) is 1. The zero-order valence-corrected chi connectivity index (χ0v) is 16.7. The lowest BCUT2D eigenvalue weighted by atomic mass is 9.69. The number of likely N-dealkylation sites (tertiary alicyclic amines) is 1. The molecule has 0 radical (unpaired) electrons. The number of rotatable bonds is 3. The first-order valence-electron chi connectivity index (χ1n) is 9.15. The van der Waals surface area contributed by atoms with Crippen LogP contribution in [0.2, 0.25) is 0 Å². The average molecular weight is 335 g/mol. The smallest absolute Gasteiger partial charge is 0.257 e. The van der Waals surface area contributed by atoms with Gasteiger partial charge in [0.25, 0.3) is 5.91 Å². The van der Waals surface area contributed by atoms with Crippen LogP contribution >= 0.6 is 0 Å². The highest BCUT2D eigenvalue weighted by atomic mass is 16.6.